The molecule has 4 aromatic rings. The Kier molecular flexibility index (Phi) is 7.00. The zero-order chi connectivity index (χ0) is 28.0. The van der Waals surface area contributed by atoms with Crippen molar-refractivity contribution in [3.05, 3.63) is 106 Å². The lowest BCUT2D eigenvalue weighted by molar-refractivity contribution is 0.195. The SMILES string of the molecule is C/C=c1/[nH]c(-c2ccccc2)c(C2(C(C)(CC)CC)c3ccccc3-c3ccccc32)/c1=C/C(C)C(C)(C)C. The molecule has 0 spiro atoms. The van der Waals surface area contributed by atoms with Gasteiger partial charge in [0.25, 0.3) is 0 Å². The minimum absolute atomic E-state index is 0.0139. The Labute approximate surface area is 235 Å². The maximum absolute atomic E-state index is 3.97. The lowest BCUT2D eigenvalue weighted by Crippen LogP contribution is -2.48. The van der Waals surface area contributed by atoms with Gasteiger partial charge in [0.05, 0.1) is 11.1 Å². The van der Waals surface area contributed by atoms with Gasteiger partial charge in [0.15, 0.2) is 0 Å². The molecule has 0 amide bonds. The number of aromatic nitrogens is 1. The van der Waals surface area contributed by atoms with Gasteiger partial charge in [-0.15, -0.1) is 0 Å². The summed E-state index contributed by atoms with van der Waals surface area (Å²) in [5.74, 6) is 0.396. The van der Waals surface area contributed by atoms with Crippen molar-refractivity contribution in [2.75, 3.05) is 0 Å². The van der Waals surface area contributed by atoms with Gasteiger partial charge in [-0.3, -0.25) is 0 Å². The third-order valence-corrected chi connectivity index (χ3v) is 10.00. The summed E-state index contributed by atoms with van der Waals surface area (Å²) < 4.78 is 0. The lowest BCUT2D eigenvalue weighted by Gasteiger charge is -2.48. The van der Waals surface area contributed by atoms with Crippen molar-refractivity contribution in [2.45, 2.75) is 73.6 Å². The predicted molar refractivity (Wildman–Crippen MR) is 169 cm³/mol. The monoisotopic (exact) mass is 515 g/mol. The maximum atomic E-state index is 3.97. The molecule has 202 valence electrons. The van der Waals surface area contributed by atoms with E-state index in [1.165, 1.54) is 49.6 Å². The second-order valence-corrected chi connectivity index (χ2v) is 12.8. The number of hydrogen-bond donors (Lipinski definition) is 1. The Morgan fingerprint density at radius 3 is 1.77 bits per heavy atom. The van der Waals surface area contributed by atoms with E-state index in [4.69, 9.17) is 0 Å². The second kappa shape index (κ2) is 10.0. The third kappa shape index (κ3) is 4.05. The second-order valence-electron chi connectivity index (χ2n) is 12.8. The van der Waals surface area contributed by atoms with Crippen molar-refractivity contribution in [3.63, 3.8) is 0 Å². The van der Waals surface area contributed by atoms with Crippen molar-refractivity contribution in [1.29, 1.82) is 0 Å². The van der Waals surface area contributed by atoms with Gasteiger partial charge in [0.2, 0.25) is 0 Å². The molecule has 1 aliphatic carbocycles. The molecular formula is C38H45N. The van der Waals surface area contributed by atoms with Crippen LogP contribution in [0.4, 0.5) is 0 Å². The maximum Gasteiger partial charge on any atom is 0.0544 e. The van der Waals surface area contributed by atoms with Crippen molar-refractivity contribution >= 4 is 12.2 Å². The summed E-state index contributed by atoms with van der Waals surface area (Å²) in [4.78, 5) is 3.97. The highest BCUT2D eigenvalue weighted by Crippen LogP contribution is 2.63. The van der Waals surface area contributed by atoms with E-state index in [9.17, 15) is 0 Å². The van der Waals surface area contributed by atoms with E-state index >= 15 is 0 Å². The summed E-state index contributed by atoms with van der Waals surface area (Å²) in [6, 6.07) is 29.4. The zero-order valence-electron chi connectivity index (χ0n) is 25.2. The molecule has 1 aromatic heterocycles. The van der Waals surface area contributed by atoms with E-state index in [0.717, 1.165) is 12.8 Å². The molecule has 0 radical (unpaired) electrons. The van der Waals surface area contributed by atoms with Crippen LogP contribution in [0.2, 0.25) is 0 Å². The molecule has 39 heavy (non-hydrogen) atoms. The number of rotatable bonds is 6. The van der Waals surface area contributed by atoms with Gasteiger partial charge < -0.3 is 4.98 Å². The number of aromatic amines is 1. The van der Waals surface area contributed by atoms with Crippen LogP contribution >= 0.6 is 0 Å². The summed E-state index contributed by atoms with van der Waals surface area (Å²) >= 11 is 0. The Morgan fingerprint density at radius 2 is 1.28 bits per heavy atom. The van der Waals surface area contributed by atoms with Crippen LogP contribution < -0.4 is 10.6 Å². The first kappa shape index (κ1) is 27.3. The van der Waals surface area contributed by atoms with Crippen LogP contribution in [-0.2, 0) is 5.41 Å². The van der Waals surface area contributed by atoms with Crippen LogP contribution in [0.1, 0.15) is 84.9 Å². The van der Waals surface area contributed by atoms with E-state index in [1.54, 1.807) is 0 Å². The van der Waals surface area contributed by atoms with Crippen molar-refractivity contribution in [3.8, 4) is 22.4 Å². The van der Waals surface area contributed by atoms with Gasteiger partial charge in [-0.25, -0.2) is 0 Å². The van der Waals surface area contributed by atoms with Crippen LogP contribution in [0.3, 0.4) is 0 Å². The van der Waals surface area contributed by atoms with Crippen LogP contribution in [0, 0.1) is 16.7 Å². The van der Waals surface area contributed by atoms with Crippen LogP contribution in [0.5, 0.6) is 0 Å². The van der Waals surface area contributed by atoms with Crippen molar-refractivity contribution < 1.29 is 0 Å². The predicted octanol–water partition coefficient (Wildman–Crippen LogP) is 9.09. The number of benzene rings is 3. The van der Waals surface area contributed by atoms with E-state index < -0.39 is 0 Å². The van der Waals surface area contributed by atoms with Crippen LogP contribution in [0.25, 0.3) is 34.5 Å². The highest BCUT2D eigenvalue weighted by atomic mass is 14.7. The fourth-order valence-electron chi connectivity index (χ4n) is 6.88. The molecule has 0 saturated heterocycles. The molecule has 0 aliphatic heterocycles. The Balaban J connectivity index is 2.09. The molecule has 1 unspecified atom stereocenters. The van der Waals surface area contributed by atoms with Crippen molar-refractivity contribution in [2.24, 2.45) is 16.7 Å². The summed E-state index contributed by atoms with van der Waals surface area (Å²) in [6.45, 7) is 18.9. The Hall–Kier alpha value is -3.32. The molecule has 1 atom stereocenters. The summed E-state index contributed by atoms with van der Waals surface area (Å²) in [5, 5.41) is 2.58. The number of hydrogen-bond acceptors (Lipinski definition) is 0. The van der Waals surface area contributed by atoms with Gasteiger partial charge in [-0.2, -0.15) is 0 Å². The van der Waals surface area contributed by atoms with E-state index in [0.29, 0.717) is 5.92 Å². The lowest BCUT2D eigenvalue weighted by atomic mass is 9.53. The largest absolute Gasteiger partial charge is 0.355 e. The van der Waals surface area contributed by atoms with Gasteiger partial charge >= 0.3 is 0 Å². The fourth-order valence-corrected chi connectivity index (χ4v) is 6.88. The van der Waals surface area contributed by atoms with Gasteiger partial charge in [0, 0.05) is 16.1 Å². The number of H-pyrrole nitrogens is 1. The summed E-state index contributed by atoms with van der Waals surface area (Å²) in [6.07, 6.45) is 6.98. The third-order valence-electron chi connectivity index (χ3n) is 10.00. The molecule has 5 rings (SSSR count). The molecule has 3 aromatic carbocycles. The number of nitrogens with one attached hydrogen (secondary N) is 1. The molecule has 0 fully saturated rings. The van der Waals surface area contributed by atoms with E-state index in [-0.39, 0.29) is 16.2 Å². The molecule has 1 N–H and O–H groups in total. The minimum Gasteiger partial charge on any atom is -0.355 e. The molecular weight excluding hydrogens is 470 g/mol. The Morgan fingerprint density at radius 1 is 0.769 bits per heavy atom. The topological polar surface area (TPSA) is 15.8 Å². The summed E-state index contributed by atoms with van der Waals surface area (Å²) in [5.41, 5.74) is 9.38. The average Bonchev–Trinajstić information content (AvgIpc) is 3.46. The standard InChI is InChI=1S/C38H45N/c1-9-33-30(25-26(4)36(5,6)7)34(35(39-33)27-19-13-12-14-20-27)38(37(8,10-2)11-3)31-23-17-15-21-28(31)29-22-16-18-24-32(29)38/h9,12-26,39H,10-11H2,1-8H3/b30-25+,33-9+. The normalized spacial score (nSPS) is 16.3. The fraction of sp³-hybridized carbons (Fsp3) is 0.368. The molecule has 1 aliphatic rings. The smallest absolute Gasteiger partial charge is 0.0544 e. The minimum atomic E-state index is -0.309. The Bertz CT molecular complexity index is 1540. The van der Waals surface area contributed by atoms with Crippen LogP contribution in [0.15, 0.2) is 78.9 Å². The molecule has 1 heteroatoms. The highest BCUT2D eigenvalue weighted by molar-refractivity contribution is 5.86. The highest BCUT2D eigenvalue weighted by Gasteiger charge is 2.56. The molecule has 1 heterocycles. The van der Waals surface area contributed by atoms with Crippen molar-refractivity contribution in [1.82, 2.24) is 4.98 Å². The van der Waals surface area contributed by atoms with Gasteiger partial charge in [0.1, 0.15) is 0 Å². The average molecular weight is 516 g/mol. The van der Waals surface area contributed by atoms with E-state index in [1.807, 2.05) is 0 Å². The first-order valence-corrected chi connectivity index (χ1v) is 14.8. The molecule has 0 saturated carbocycles. The number of fused-ring (bicyclic) bond motifs is 3. The summed E-state index contributed by atoms with van der Waals surface area (Å²) in [7, 11) is 0. The first-order chi connectivity index (χ1) is 18.6. The van der Waals surface area contributed by atoms with Gasteiger partial charge in [-0.1, -0.05) is 139 Å². The first-order valence-electron chi connectivity index (χ1n) is 14.8. The quantitative estimate of drug-likeness (QED) is 0.264. The molecule has 0 bridgehead atoms. The van der Waals surface area contributed by atoms with E-state index in [2.05, 4.69) is 151 Å². The zero-order valence-corrected chi connectivity index (χ0v) is 25.2. The van der Waals surface area contributed by atoms with Crippen LogP contribution in [-0.4, -0.2) is 4.98 Å². The molecule has 1 nitrogen and oxygen atoms in total. The van der Waals surface area contributed by atoms with Gasteiger partial charge in [-0.05, 0) is 64.3 Å².